The Morgan fingerprint density at radius 3 is 1.80 bits per heavy atom. The smallest absolute Gasteiger partial charge is 0.853 e. The summed E-state index contributed by atoms with van der Waals surface area (Å²) in [6.07, 6.45) is 0. The first kappa shape index (κ1) is 9.73. The van der Waals surface area contributed by atoms with Crippen LogP contribution in [-0.4, -0.2) is 13.3 Å². The van der Waals surface area contributed by atoms with Gasteiger partial charge < -0.3 is 5.11 Å². The molecule has 0 unspecified atom stereocenters. The molecule has 0 radical (unpaired) electrons. The monoisotopic (exact) mass is 102 g/mol. The minimum Gasteiger partial charge on any atom is -0.853 e. The van der Waals surface area contributed by atoms with E-state index < -0.39 is 13.3 Å². The van der Waals surface area contributed by atoms with Crippen LogP contribution in [-0.2, 0) is 0 Å². The van der Waals surface area contributed by atoms with Gasteiger partial charge in [0.2, 0.25) is 0 Å². The molecule has 0 fully saturated rings. The van der Waals surface area contributed by atoms with Crippen LogP contribution < -0.4 is 56.5 Å². The molecule has 0 N–H and O–H groups in total. The number of hydrogen-bond acceptors (Lipinski definition) is 1. The number of rotatable bonds is 1. The molecular weight excluding hydrogens is 98.1 g/mol. The Labute approximate surface area is 73.0 Å². The number of halogens is 1. The second-order valence-corrected chi connectivity index (χ2v) is 0.393. The van der Waals surface area contributed by atoms with Gasteiger partial charge >= 0.3 is 51.4 Å². The quantitative estimate of drug-likeness (QED) is 0.313. The van der Waals surface area contributed by atoms with Crippen molar-refractivity contribution < 1.29 is 60.9 Å². The summed E-state index contributed by atoms with van der Waals surface area (Å²) in [5.41, 5.74) is 0. The van der Waals surface area contributed by atoms with E-state index in [1.807, 2.05) is 0 Å². The van der Waals surface area contributed by atoms with Gasteiger partial charge in [-0.25, -0.2) is 0 Å². The molecule has 5 heavy (non-hydrogen) atoms. The topological polar surface area (TPSA) is 23.1 Å². The molecule has 3 heteroatoms. The van der Waals surface area contributed by atoms with E-state index in [0.29, 0.717) is 0 Å². The van der Waals surface area contributed by atoms with Crippen LogP contribution in [0.2, 0.25) is 0 Å². The van der Waals surface area contributed by atoms with Gasteiger partial charge in [0.05, 0.1) is 6.67 Å². The maximum Gasteiger partial charge on any atom is 1.00 e. The van der Waals surface area contributed by atoms with Crippen LogP contribution in [0, 0.1) is 0 Å². The van der Waals surface area contributed by atoms with Crippen molar-refractivity contribution in [3.63, 3.8) is 0 Å². The standard InChI is InChI=1S/C2H4FO.K/c3-1-2-4;/h1-2H2;/q-1;+1. The molecular formula is C2H4FKO. The fraction of sp³-hybridized carbons (Fsp3) is 1.00. The molecule has 0 aromatic carbocycles. The maximum absolute atomic E-state index is 10.4. The SMILES string of the molecule is [K+].[O-]CCF. The molecule has 0 heterocycles. The molecule has 0 saturated heterocycles. The normalized spacial score (nSPS) is 6.00. The van der Waals surface area contributed by atoms with E-state index in [2.05, 4.69) is 0 Å². The zero-order valence-corrected chi connectivity index (χ0v) is 6.32. The Bertz CT molecular complexity index is 11.6. The Morgan fingerprint density at radius 2 is 1.80 bits per heavy atom. The Morgan fingerprint density at radius 1 is 1.60 bits per heavy atom. The van der Waals surface area contributed by atoms with Gasteiger partial charge in [0.25, 0.3) is 0 Å². The van der Waals surface area contributed by atoms with E-state index in [9.17, 15) is 4.39 Å². The molecule has 0 aliphatic rings. The van der Waals surface area contributed by atoms with Gasteiger partial charge in [-0.2, -0.15) is 0 Å². The van der Waals surface area contributed by atoms with Crippen LogP contribution in [0.1, 0.15) is 0 Å². The fourth-order valence-electron chi connectivity index (χ4n) is 0. The summed E-state index contributed by atoms with van der Waals surface area (Å²) in [5, 5.41) is 8.92. The number of hydrogen-bond donors (Lipinski definition) is 0. The largest absolute Gasteiger partial charge is 1.00 e. The second-order valence-electron chi connectivity index (χ2n) is 0.393. The molecule has 1 nitrogen and oxygen atoms in total. The van der Waals surface area contributed by atoms with Crippen molar-refractivity contribution in [1.29, 1.82) is 0 Å². The predicted octanol–water partition coefficient (Wildman–Crippen LogP) is -3.68. The van der Waals surface area contributed by atoms with Crippen LogP contribution in [0.25, 0.3) is 0 Å². The van der Waals surface area contributed by atoms with Gasteiger partial charge in [-0.15, -0.1) is 6.61 Å². The molecule has 0 aromatic rings. The molecule has 26 valence electrons. The maximum atomic E-state index is 10.4. The Hall–Kier alpha value is 1.53. The van der Waals surface area contributed by atoms with Gasteiger partial charge in [-0.05, 0) is 0 Å². The molecule has 0 aromatic heterocycles. The molecule has 0 atom stereocenters. The first-order chi connectivity index (χ1) is 1.91. The van der Waals surface area contributed by atoms with E-state index >= 15 is 0 Å². The van der Waals surface area contributed by atoms with E-state index in [4.69, 9.17) is 5.11 Å². The van der Waals surface area contributed by atoms with Crippen LogP contribution >= 0.6 is 0 Å². The summed E-state index contributed by atoms with van der Waals surface area (Å²) in [7, 11) is 0. The third kappa shape index (κ3) is 10.8. The van der Waals surface area contributed by atoms with E-state index in [-0.39, 0.29) is 51.4 Å². The Balaban J connectivity index is 0. The van der Waals surface area contributed by atoms with Crippen molar-refractivity contribution in [2.75, 3.05) is 13.3 Å². The zero-order chi connectivity index (χ0) is 3.41. The van der Waals surface area contributed by atoms with Crippen LogP contribution in [0.15, 0.2) is 0 Å². The van der Waals surface area contributed by atoms with Gasteiger partial charge in [0.1, 0.15) is 0 Å². The van der Waals surface area contributed by atoms with Crippen molar-refractivity contribution in [3.05, 3.63) is 0 Å². The van der Waals surface area contributed by atoms with Crippen LogP contribution in [0.5, 0.6) is 0 Å². The third-order valence-electron chi connectivity index (χ3n) is 0.0772. The summed E-state index contributed by atoms with van der Waals surface area (Å²) in [5.74, 6) is 0. The van der Waals surface area contributed by atoms with Crippen LogP contribution in [0.4, 0.5) is 4.39 Å². The minimum atomic E-state index is -0.736. The first-order valence-corrected chi connectivity index (χ1v) is 1.06. The third-order valence-corrected chi connectivity index (χ3v) is 0.0772. The van der Waals surface area contributed by atoms with Gasteiger partial charge in [-0.1, -0.05) is 0 Å². The van der Waals surface area contributed by atoms with Crippen molar-refractivity contribution in [2.45, 2.75) is 0 Å². The van der Waals surface area contributed by atoms with Crippen molar-refractivity contribution in [3.8, 4) is 0 Å². The van der Waals surface area contributed by atoms with E-state index in [1.165, 1.54) is 0 Å². The summed E-state index contributed by atoms with van der Waals surface area (Å²) in [4.78, 5) is 0. The molecule has 0 aliphatic carbocycles. The van der Waals surface area contributed by atoms with E-state index in [0.717, 1.165) is 0 Å². The van der Waals surface area contributed by atoms with Crippen molar-refractivity contribution >= 4 is 0 Å². The molecule has 0 aliphatic heterocycles. The molecule has 0 amide bonds. The van der Waals surface area contributed by atoms with Crippen molar-refractivity contribution in [1.82, 2.24) is 0 Å². The fourth-order valence-corrected chi connectivity index (χ4v) is 0. The Kier molecular flexibility index (Phi) is 17.7. The van der Waals surface area contributed by atoms with Crippen LogP contribution in [0.3, 0.4) is 0 Å². The first-order valence-electron chi connectivity index (χ1n) is 1.06. The average molecular weight is 102 g/mol. The minimum absolute atomic E-state index is 0. The summed E-state index contributed by atoms with van der Waals surface area (Å²) in [6.45, 7) is -1.33. The zero-order valence-electron chi connectivity index (χ0n) is 3.20. The summed E-state index contributed by atoms with van der Waals surface area (Å²) in [6, 6.07) is 0. The number of alkyl halides is 1. The average Bonchev–Trinajstić information content (AvgIpc) is 1.37. The second kappa shape index (κ2) is 9.11. The van der Waals surface area contributed by atoms with Crippen molar-refractivity contribution in [2.24, 2.45) is 0 Å². The van der Waals surface area contributed by atoms with Gasteiger partial charge in [0, 0.05) is 0 Å². The predicted molar refractivity (Wildman–Crippen MR) is 10.8 cm³/mol. The molecule has 0 spiro atoms. The molecule has 0 saturated carbocycles. The summed E-state index contributed by atoms with van der Waals surface area (Å²) >= 11 is 0. The van der Waals surface area contributed by atoms with Gasteiger partial charge in [-0.3, -0.25) is 4.39 Å². The van der Waals surface area contributed by atoms with Gasteiger partial charge in [0.15, 0.2) is 0 Å². The molecule has 0 bridgehead atoms. The summed E-state index contributed by atoms with van der Waals surface area (Å²) < 4.78 is 10.4. The molecule has 0 rings (SSSR count). The van der Waals surface area contributed by atoms with E-state index in [1.54, 1.807) is 0 Å².